The van der Waals surface area contributed by atoms with Crippen LogP contribution in [0.4, 0.5) is 18.9 Å². The number of nitrogens with two attached hydrogens (primary N) is 2. The highest BCUT2D eigenvalue weighted by molar-refractivity contribution is 6.35. The Morgan fingerprint density at radius 1 is 1.13 bits per heavy atom. The van der Waals surface area contributed by atoms with Gasteiger partial charge in [-0.15, -0.1) is 0 Å². The van der Waals surface area contributed by atoms with E-state index in [-0.39, 0.29) is 29.3 Å². The fourth-order valence-corrected chi connectivity index (χ4v) is 2.73. The zero-order valence-electron chi connectivity index (χ0n) is 16.3. The SMILES string of the molecule is CC.N=C(/C=C/C(N)=N/N)c1ccc(C(F)(F)F)cc1NCc1ccc(Cl)cc1Cl. The number of hydrogen-bond donors (Lipinski definition) is 4. The van der Waals surface area contributed by atoms with Crippen LogP contribution >= 0.6 is 23.2 Å². The maximum absolute atomic E-state index is 13.1. The van der Waals surface area contributed by atoms with E-state index in [2.05, 4.69) is 10.4 Å². The maximum atomic E-state index is 13.1. The van der Waals surface area contributed by atoms with Crippen LogP contribution in [0.1, 0.15) is 30.5 Å². The molecule has 0 aliphatic heterocycles. The summed E-state index contributed by atoms with van der Waals surface area (Å²) in [6.07, 6.45) is -1.96. The molecule has 0 unspecified atom stereocenters. The van der Waals surface area contributed by atoms with Crippen molar-refractivity contribution >= 4 is 40.4 Å². The number of alkyl halides is 3. The largest absolute Gasteiger partial charge is 0.416 e. The Morgan fingerprint density at radius 2 is 1.80 bits per heavy atom. The highest BCUT2D eigenvalue weighted by Crippen LogP contribution is 2.33. The summed E-state index contributed by atoms with van der Waals surface area (Å²) in [6.45, 7) is 4.13. The summed E-state index contributed by atoms with van der Waals surface area (Å²) < 4.78 is 39.3. The Bertz CT molecular complexity index is 941. The minimum Gasteiger partial charge on any atom is -0.382 e. The van der Waals surface area contributed by atoms with Crippen molar-refractivity contribution in [3.05, 3.63) is 75.3 Å². The molecule has 0 saturated carbocycles. The third-order valence-corrected chi connectivity index (χ3v) is 4.28. The number of amidine groups is 1. The Morgan fingerprint density at radius 3 is 2.37 bits per heavy atom. The molecule has 0 aliphatic rings. The quantitative estimate of drug-likeness (QED) is 0.190. The van der Waals surface area contributed by atoms with Crippen LogP contribution in [0.25, 0.3) is 0 Å². The minimum atomic E-state index is -4.53. The number of anilines is 1. The molecule has 0 heterocycles. The zero-order valence-corrected chi connectivity index (χ0v) is 17.8. The second-order valence-electron chi connectivity index (χ2n) is 5.65. The number of allylic oxidation sites excluding steroid dienone is 1. The number of nitrogens with zero attached hydrogens (tertiary/aromatic N) is 1. The van der Waals surface area contributed by atoms with Crippen molar-refractivity contribution in [3.63, 3.8) is 0 Å². The molecule has 0 saturated heterocycles. The molecule has 10 heteroatoms. The van der Waals surface area contributed by atoms with Crippen LogP contribution < -0.4 is 16.9 Å². The van der Waals surface area contributed by atoms with Crippen molar-refractivity contribution < 1.29 is 13.2 Å². The fourth-order valence-electron chi connectivity index (χ4n) is 2.26. The van der Waals surface area contributed by atoms with Gasteiger partial charge in [-0.05, 0) is 42.0 Å². The highest BCUT2D eigenvalue weighted by Gasteiger charge is 2.31. The Labute approximate surface area is 183 Å². The summed E-state index contributed by atoms with van der Waals surface area (Å²) in [7, 11) is 0. The molecule has 0 radical (unpaired) electrons. The van der Waals surface area contributed by atoms with E-state index >= 15 is 0 Å². The highest BCUT2D eigenvalue weighted by atomic mass is 35.5. The van der Waals surface area contributed by atoms with Crippen molar-refractivity contribution in [1.82, 2.24) is 0 Å². The van der Waals surface area contributed by atoms with Gasteiger partial charge in [-0.3, -0.25) is 0 Å². The lowest BCUT2D eigenvalue weighted by atomic mass is 10.0. The van der Waals surface area contributed by atoms with Crippen molar-refractivity contribution in [3.8, 4) is 0 Å². The Kier molecular flexibility index (Phi) is 9.68. The van der Waals surface area contributed by atoms with E-state index in [0.29, 0.717) is 15.6 Å². The molecule has 2 rings (SSSR count). The molecule has 0 aromatic heterocycles. The van der Waals surface area contributed by atoms with Gasteiger partial charge in [0.1, 0.15) is 5.84 Å². The molecule has 0 spiro atoms. The zero-order chi connectivity index (χ0) is 22.9. The van der Waals surface area contributed by atoms with Gasteiger partial charge in [-0.2, -0.15) is 18.3 Å². The summed E-state index contributed by atoms with van der Waals surface area (Å²) in [6, 6.07) is 7.86. The summed E-state index contributed by atoms with van der Waals surface area (Å²) in [4.78, 5) is 0. The fraction of sp³-hybridized carbons (Fsp3) is 0.200. The molecule has 162 valence electrons. The molecule has 0 fully saturated rings. The van der Waals surface area contributed by atoms with Crippen molar-refractivity contribution in [2.24, 2.45) is 16.7 Å². The van der Waals surface area contributed by atoms with Crippen LogP contribution in [0.15, 0.2) is 53.7 Å². The van der Waals surface area contributed by atoms with Gasteiger partial charge in [0.15, 0.2) is 0 Å². The van der Waals surface area contributed by atoms with Crippen LogP contribution in [0, 0.1) is 5.41 Å². The first-order chi connectivity index (χ1) is 14.1. The molecular weight excluding hydrogens is 438 g/mol. The van der Waals surface area contributed by atoms with Gasteiger partial charge in [0.05, 0.1) is 11.3 Å². The van der Waals surface area contributed by atoms with Crippen molar-refractivity contribution in [2.45, 2.75) is 26.6 Å². The third-order valence-electron chi connectivity index (χ3n) is 3.69. The number of hydrogen-bond acceptors (Lipinski definition) is 4. The molecule has 0 bridgehead atoms. The summed E-state index contributed by atoms with van der Waals surface area (Å²) in [5.74, 6) is 4.98. The van der Waals surface area contributed by atoms with Gasteiger partial charge < -0.3 is 22.3 Å². The summed E-state index contributed by atoms with van der Waals surface area (Å²) in [5.41, 5.74) is 5.49. The minimum absolute atomic E-state index is 0.0286. The van der Waals surface area contributed by atoms with Gasteiger partial charge in [-0.1, -0.05) is 49.2 Å². The van der Waals surface area contributed by atoms with E-state index in [1.807, 2.05) is 13.8 Å². The van der Waals surface area contributed by atoms with Crippen LogP contribution in [0.2, 0.25) is 10.0 Å². The van der Waals surface area contributed by atoms with Crippen LogP contribution in [-0.2, 0) is 12.7 Å². The summed E-state index contributed by atoms with van der Waals surface area (Å²) >= 11 is 12.0. The topological polar surface area (TPSA) is 100 Å². The predicted octanol–water partition coefficient (Wildman–Crippen LogP) is 5.81. The van der Waals surface area contributed by atoms with Crippen molar-refractivity contribution in [1.29, 1.82) is 5.41 Å². The molecule has 2 aromatic rings. The summed E-state index contributed by atoms with van der Waals surface area (Å²) in [5, 5.41) is 15.1. The molecule has 30 heavy (non-hydrogen) atoms. The van der Waals surface area contributed by atoms with E-state index in [9.17, 15) is 13.2 Å². The van der Waals surface area contributed by atoms with Gasteiger partial charge in [-0.25, -0.2) is 0 Å². The monoisotopic (exact) mass is 459 g/mol. The number of halogens is 5. The Balaban J connectivity index is 0.00000218. The van der Waals surface area contributed by atoms with Gasteiger partial charge in [0.25, 0.3) is 0 Å². The molecule has 0 atom stereocenters. The lowest BCUT2D eigenvalue weighted by molar-refractivity contribution is -0.137. The van der Waals surface area contributed by atoms with Gasteiger partial charge in [0, 0.05) is 27.8 Å². The first-order valence-electron chi connectivity index (χ1n) is 8.81. The molecule has 6 N–H and O–H groups in total. The first kappa shape index (κ1) is 25.3. The van der Waals surface area contributed by atoms with E-state index < -0.39 is 11.7 Å². The first-order valence-corrected chi connectivity index (χ1v) is 9.57. The second kappa shape index (κ2) is 11.5. The van der Waals surface area contributed by atoms with E-state index in [1.165, 1.54) is 24.3 Å². The lowest BCUT2D eigenvalue weighted by Crippen LogP contribution is -2.12. The lowest BCUT2D eigenvalue weighted by Gasteiger charge is -2.16. The number of hydrazone groups is 1. The van der Waals surface area contributed by atoms with E-state index in [1.54, 1.807) is 12.1 Å². The molecule has 5 nitrogen and oxygen atoms in total. The van der Waals surface area contributed by atoms with E-state index in [0.717, 1.165) is 12.1 Å². The average molecular weight is 460 g/mol. The molecule has 0 aliphatic carbocycles. The van der Waals surface area contributed by atoms with Gasteiger partial charge >= 0.3 is 6.18 Å². The van der Waals surface area contributed by atoms with Gasteiger partial charge in [0.2, 0.25) is 0 Å². The standard InChI is InChI=1S/C18H16Cl2F3N5.C2H6/c19-12-3-1-10(14(20)8-12)9-27-16-7-11(18(21,22)23)2-4-13(16)15(24)5-6-17(25)28-26;1-2/h1-8,24,27H,9,26H2,(H2,25,28);1-2H3/b6-5+,24-15?;. The van der Waals surface area contributed by atoms with Crippen LogP contribution in [0.3, 0.4) is 0 Å². The average Bonchev–Trinajstić information content (AvgIpc) is 2.71. The second-order valence-corrected chi connectivity index (χ2v) is 6.49. The Hall–Kier alpha value is -2.71. The normalized spacial score (nSPS) is 11.8. The maximum Gasteiger partial charge on any atom is 0.416 e. The van der Waals surface area contributed by atoms with Crippen LogP contribution in [0.5, 0.6) is 0 Å². The number of nitrogens with one attached hydrogen (secondary N) is 2. The molecule has 0 amide bonds. The smallest absolute Gasteiger partial charge is 0.382 e. The number of rotatable bonds is 6. The number of benzene rings is 2. The molecular formula is C20H22Cl2F3N5. The third kappa shape index (κ3) is 7.27. The van der Waals surface area contributed by atoms with Crippen LogP contribution in [-0.4, -0.2) is 11.5 Å². The predicted molar refractivity (Wildman–Crippen MR) is 118 cm³/mol. The molecule has 2 aromatic carbocycles. The van der Waals surface area contributed by atoms with E-state index in [4.69, 9.17) is 40.2 Å². The van der Waals surface area contributed by atoms with Crippen molar-refractivity contribution in [2.75, 3.05) is 5.32 Å².